The number of imide groups is 1. The molecule has 3 aromatic rings. The summed E-state index contributed by atoms with van der Waals surface area (Å²) in [7, 11) is -1.36. The van der Waals surface area contributed by atoms with Gasteiger partial charge >= 0.3 is 10.9 Å². The molecule has 0 radical (unpaired) electrons. The number of aromatic amines is 1. The average Bonchev–Trinajstić information content (AvgIpc) is 3.41. The Morgan fingerprint density at radius 1 is 1.11 bits per heavy atom. The summed E-state index contributed by atoms with van der Waals surface area (Å²) in [6, 6.07) is 9.49. The van der Waals surface area contributed by atoms with E-state index in [-0.39, 0.29) is 38.3 Å². The molecular weight excluding hydrogens is 520 g/mol. The fourth-order valence-corrected chi connectivity index (χ4v) is 4.91. The molecule has 0 fully saturated rings. The number of nitrogens with zero attached hydrogens (tertiary/aromatic N) is 3. The lowest BCUT2D eigenvalue weighted by Gasteiger charge is -2.13. The predicted molar refractivity (Wildman–Crippen MR) is 130 cm³/mol. The third kappa shape index (κ3) is 4.98. The second-order valence-electron chi connectivity index (χ2n) is 7.81. The molecule has 0 atom stereocenters. The van der Waals surface area contributed by atoms with Gasteiger partial charge in [0, 0.05) is 19.7 Å². The SMILES string of the molecule is CC.CN(C)C(=O)c1cc2c(cc1C=O)C(=O)N(CCOc1[nH]o[n+](=O)c1S(=O)(=O)c1ccccc1)C2=O. The Morgan fingerprint density at radius 3 is 2.29 bits per heavy atom. The Bertz CT molecular complexity index is 1560. The molecule has 0 saturated carbocycles. The van der Waals surface area contributed by atoms with Crippen LogP contribution < -0.4 is 9.34 Å². The third-order valence-electron chi connectivity index (χ3n) is 5.36. The molecule has 14 heteroatoms. The number of sulfone groups is 1. The summed E-state index contributed by atoms with van der Waals surface area (Å²) in [5.74, 6) is -2.49. The van der Waals surface area contributed by atoms with Crippen molar-refractivity contribution >= 4 is 33.8 Å². The monoisotopic (exact) mass is 545 g/mol. The Labute approximate surface area is 217 Å². The van der Waals surface area contributed by atoms with E-state index in [9.17, 15) is 32.5 Å². The van der Waals surface area contributed by atoms with E-state index in [1.54, 1.807) is 6.07 Å². The zero-order chi connectivity index (χ0) is 28.2. The first-order valence-electron chi connectivity index (χ1n) is 11.4. The molecule has 0 saturated heterocycles. The zero-order valence-electron chi connectivity index (χ0n) is 21.0. The number of aromatic nitrogens is 2. The maximum atomic E-state index is 12.9. The third-order valence-corrected chi connectivity index (χ3v) is 7.09. The summed E-state index contributed by atoms with van der Waals surface area (Å²) in [5, 5.41) is 1.23. The minimum absolute atomic E-state index is 0.0308. The van der Waals surface area contributed by atoms with Crippen LogP contribution >= 0.6 is 0 Å². The van der Waals surface area contributed by atoms with Crippen LogP contribution in [0.15, 0.2) is 57.0 Å². The van der Waals surface area contributed by atoms with Gasteiger partial charge in [-0.3, -0.25) is 24.1 Å². The summed E-state index contributed by atoms with van der Waals surface area (Å²) in [4.78, 5) is 63.4. The van der Waals surface area contributed by atoms with E-state index in [1.807, 2.05) is 13.8 Å². The summed E-state index contributed by atoms with van der Waals surface area (Å²) in [5.41, 5.74) is -0.195. The Morgan fingerprint density at radius 2 is 1.71 bits per heavy atom. The van der Waals surface area contributed by atoms with Gasteiger partial charge in [0.25, 0.3) is 27.6 Å². The van der Waals surface area contributed by atoms with Crippen LogP contribution in [0.3, 0.4) is 0 Å². The normalized spacial score (nSPS) is 12.5. The summed E-state index contributed by atoms with van der Waals surface area (Å²) >= 11 is 0. The highest BCUT2D eigenvalue weighted by Crippen LogP contribution is 2.27. The molecule has 2 heterocycles. The van der Waals surface area contributed by atoms with Crippen molar-refractivity contribution in [3.05, 3.63) is 69.6 Å². The van der Waals surface area contributed by atoms with Crippen LogP contribution in [0.25, 0.3) is 0 Å². The molecule has 2 aromatic carbocycles. The van der Waals surface area contributed by atoms with Crippen LogP contribution in [0, 0.1) is 4.91 Å². The van der Waals surface area contributed by atoms with Gasteiger partial charge in [-0.15, -0.1) is 0 Å². The number of H-pyrrole nitrogens is 1. The van der Waals surface area contributed by atoms with Gasteiger partial charge in [-0.2, -0.15) is 0 Å². The lowest BCUT2D eigenvalue weighted by Crippen LogP contribution is -2.34. The van der Waals surface area contributed by atoms with Gasteiger partial charge in [-0.1, -0.05) is 36.7 Å². The largest absolute Gasteiger partial charge is 0.454 e. The summed E-state index contributed by atoms with van der Waals surface area (Å²) in [6.45, 7) is 3.27. The molecule has 1 aromatic heterocycles. The number of nitrogens with one attached hydrogen (secondary N) is 1. The number of carbonyl (C=O) groups excluding carboxylic acids is 4. The van der Waals surface area contributed by atoms with E-state index in [0.29, 0.717) is 6.29 Å². The Balaban J connectivity index is 0.00000195. The minimum atomic E-state index is -4.32. The maximum absolute atomic E-state index is 12.9. The molecule has 200 valence electrons. The van der Waals surface area contributed by atoms with E-state index in [1.165, 1.54) is 55.4 Å². The van der Waals surface area contributed by atoms with Crippen molar-refractivity contribution in [3.8, 4) is 5.88 Å². The number of hydrogen-bond acceptors (Lipinski definition) is 9. The van der Waals surface area contributed by atoms with Gasteiger partial charge in [0.2, 0.25) is 4.60 Å². The highest BCUT2D eigenvalue weighted by atomic mass is 32.2. The number of rotatable bonds is 8. The van der Waals surface area contributed by atoms with E-state index < -0.39 is 45.1 Å². The van der Waals surface area contributed by atoms with E-state index in [0.717, 1.165) is 4.90 Å². The number of hydrogen-bond donors (Lipinski definition) is 1. The van der Waals surface area contributed by atoms with Crippen molar-refractivity contribution in [3.63, 3.8) is 0 Å². The molecular formula is C24H25N4O9S+. The number of aldehydes is 1. The molecule has 4 rings (SSSR count). The molecule has 0 unspecified atom stereocenters. The second-order valence-corrected chi connectivity index (χ2v) is 9.68. The molecule has 38 heavy (non-hydrogen) atoms. The summed E-state index contributed by atoms with van der Waals surface area (Å²) < 4.78 is 35.3. The van der Waals surface area contributed by atoms with Gasteiger partial charge in [0.1, 0.15) is 6.61 Å². The number of ether oxygens (including phenoxy) is 1. The van der Waals surface area contributed by atoms with Crippen LogP contribution in [0.5, 0.6) is 5.88 Å². The van der Waals surface area contributed by atoms with Crippen molar-refractivity contribution in [2.45, 2.75) is 23.8 Å². The van der Waals surface area contributed by atoms with E-state index >= 15 is 0 Å². The van der Waals surface area contributed by atoms with E-state index in [2.05, 4.69) is 9.79 Å². The molecule has 1 aliphatic heterocycles. The van der Waals surface area contributed by atoms with Crippen molar-refractivity contribution in [1.29, 1.82) is 0 Å². The maximum Gasteiger partial charge on any atom is 0.404 e. The smallest absolute Gasteiger partial charge is 0.404 e. The number of benzene rings is 2. The topological polar surface area (TPSA) is 170 Å². The quantitative estimate of drug-likeness (QED) is 0.326. The first-order chi connectivity index (χ1) is 18.1. The Kier molecular flexibility index (Phi) is 8.26. The number of fused-ring (bicyclic) bond motifs is 1. The van der Waals surface area contributed by atoms with Crippen molar-refractivity contribution in [1.82, 2.24) is 15.0 Å². The fourth-order valence-electron chi connectivity index (χ4n) is 3.59. The lowest BCUT2D eigenvalue weighted by atomic mass is 9.99. The highest BCUT2D eigenvalue weighted by molar-refractivity contribution is 7.91. The standard InChI is InChI=1S/C22H19N4O9S.C2H6/c1-24(2)19(28)15-11-17-16(10-13(15)12-27)20(29)25(21(17)30)8-9-34-18-22(26(31)35-23-18)36(32,33)14-6-4-3-5-7-14;1-2/h3-7,10-12,23H,8-9H2,1-2H3;1-2H3/q+1;. The molecule has 0 bridgehead atoms. The van der Waals surface area contributed by atoms with Crippen LogP contribution in [-0.2, 0) is 9.84 Å². The fraction of sp³-hybridized carbons (Fsp3) is 0.250. The summed E-state index contributed by atoms with van der Waals surface area (Å²) in [6.07, 6.45) is 0.419. The first kappa shape index (κ1) is 28.0. The van der Waals surface area contributed by atoms with Gasteiger partial charge in [0.05, 0.1) is 28.1 Å². The van der Waals surface area contributed by atoms with Crippen molar-refractivity contribution in [2.75, 3.05) is 27.2 Å². The molecule has 1 aliphatic rings. The van der Waals surface area contributed by atoms with Crippen LogP contribution in [0.1, 0.15) is 55.3 Å². The van der Waals surface area contributed by atoms with Gasteiger partial charge < -0.3 is 9.64 Å². The van der Waals surface area contributed by atoms with Gasteiger partial charge in [-0.05, 0) is 34.3 Å². The predicted octanol–water partition coefficient (Wildman–Crippen LogP) is 1.57. The van der Waals surface area contributed by atoms with Crippen LogP contribution in [-0.4, -0.2) is 74.6 Å². The van der Waals surface area contributed by atoms with Gasteiger partial charge in [-0.25, -0.2) is 8.42 Å². The minimum Gasteiger partial charge on any atom is -0.454 e. The van der Waals surface area contributed by atoms with Crippen molar-refractivity contribution in [2.24, 2.45) is 0 Å². The molecule has 1 N–H and O–H groups in total. The molecule has 0 aliphatic carbocycles. The second kappa shape index (κ2) is 11.2. The first-order valence-corrected chi connectivity index (χ1v) is 12.8. The molecule has 3 amide bonds. The van der Waals surface area contributed by atoms with Crippen LogP contribution in [0.2, 0.25) is 0 Å². The lowest BCUT2D eigenvalue weighted by molar-refractivity contribution is -0.744. The number of carbonyl (C=O) groups is 4. The number of amides is 3. The van der Waals surface area contributed by atoms with Crippen molar-refractivity contribution < 1.29 is 41.6 Å². The van der Waals surface area contributed by atoms with E-state index in [4.69, 9.17) is 4.74 Å². The highest BCUT2D eigenvalue weighted by Gasteiger charge is 2.39. The Hall–Kier alpha value is -4.59. The molecule has 13 nitrogen and oxygen atoms in total. The zero-order valence-corrected chi connectivity index (χ0v) is 21.8. The van der Waals surface area contributed by atoms with Gasteiger partial charge in [0.15, 0.2) is 6.29 Å². The molecule has 0 spiro atoms. The van der Waals surface area contributed by atoms with Crippen LogP contribution in [0.4, 0.5) is 0 Å². The average molecular weight is 546 g/mol.